The molecule has 0 spiro atoms. The van der Waals surface area contributed by atoms with Crippen molar-refractivity contribution in [1.29, 1.82) is 0 Å². The van der Waals surface area contributed by atoms with Gasteiger partial charge in [-0.05, 0) is 33.1 Å². The quantitative estimate of drug-likeness (QED) is 0.904. The number of nitrogens with zero attached hydrogens (tertiary/aromatic N) is 3. The number of hydrogen-bond donors (Lipinski definition) is 1. The monoisotopic (exact) mass is 265 g/mol. The molecule has 19 heavy (non-hydrogen) atoms. The third-order valence-electron chi connectivity index (χ3n) is 3.36. The molecule has 0 atom stereocenters. The Kier molecular flexibility index (Phi) is 3.87. The maximum atomic E-state index is 12.5. The second-order valence-electron chi connectivity index (χ2n) is 5.10. The molecule has 0 unspecified atom stereocenters. The van der Waals surface area contributed by atoms with E-state index in [2.05, 4.69) is 5.10 Å². The molecule has 1 fully saturated rings. The minimum Gasteiger partial charge on any atom is -0.478 e. The van der Waals surface area contributed by atoms with Crippen molar-refractivity contribution in [3.8, 4) is 0 Å². The van der Waals surface area contributed by atoms with Crippen molar-refractivity contribution in [2.24, 2.45) is 0 Å². The summed E-state index contributed by atoms with van der Waals surface area (Å²) in [6, 6.07) is -0.0446. The fraction of sp³-hybridized carbons (Fsp3) is 0.615. The zero-order valence-electron chi connectivity index (χ0n) is 11.3. The fourth-order valence-corrected chi connectivity index (χ4v) is 2.37. The van der Waals surface area contributed by atoms with Crippen molar-refractivity contribution in [2.75, 3.05) is 13.1 Å². The Morgan fingerprint density at radius 1 is 1.26 bits per heavy atom. The van der Waals surface area contributed by atoms with Gasteiger partial charge in [0.05, 0.1) is 6.20 Å². The first-order chi connectivity index (χ1) is 9.02. The maximum Gasteiger partial charge on any atom is 0.339 e. The summed E-state index contributed by atoms with van der Waals surface area (Å²) >= 11 is 0. The summed E-state index contributed by atoms with van der Waals surface area (Å²) in [5, 5.41) is 13.2. The topological polar surface area (TPSA) is 75.4 Å². The van der Waals surface area contributed by atoms with Gasteiger partial charge in [-0.1, -0.05) is 0 Å². The van der Waals surface area contributed by atoms with Crippen LogP contribution in [0.15, 0.2) is 6.20 Å². The molecule has 0 saturated carbocycles. The lowest BCUT2D eigenvalue weighted by Crippen LogP contribution is -2.37. The fourth-order valence-electron chi connectivity index (χ4n) is 2.37. The Hall–Kier alpha value is -1.85. The van der Waals surface area contributed by atoms with Crippen molar-refractivity contribution < 1.29 is 14.7 Å². The molecule has 0 aromatic carbocycles. The lowest BCUT2D eigenvalue weighted by atomic mass is 10.1. The summed E-state index contributed by atoms with van der Waals surface area (Å²) in [4.78, 5) is 25.5. The molecule has 1 aliphatic rings. The van der Waals surface area contributed by atoms with Crippen LogP contribution >= 0.6 is 0 Å². The summed E-state index contributed by atoms with van der Waals surface area (Å²) in [6.07, 6.45) is 4.34. The van der Waals surface area contributed by atoms with Crippen LogP contribution in [0.4, 0.5) is 0 Å². The molecule has 6 nitrogen and oxygen atoms in total. The summed E-state index contributed by atoms with van der Waals surface area (Å²) < 4.78 is 1.50. The van der Waals surface area contributed by atoms with E-state index in [1.165, 1.54) is 10.9 Å². The number of carboxylic acids is 1. The Morgan fingerprint density at radius 3 is 2.42 bits per heavy atom. The van der Waals surface area contributed by atoms with Crippen molar-refractivity contribution in [2.45, 2.75) is 39.2 Å². The third-order valence-corrected chi connectivity index (χ3v) is 3.36. The first-order valence-corrected chi connectivity index (χ1v) is 6.62. The zero-order chi connectivity index (χ0) is 14.0. The highest BCUT2D eigenvalue weighted by Crippen LogP contribution is 2.19. The molecule has 6 heteroatoms. The number of carboxylic acid groups (broad SMARTS) is 1. The normalized spacial score (nSPS) is 15.8. The number of piperidine rings is 1. The average Bonchev–Trinajstić information content (AvgIpc) is 2.83. The van der Waals surface area contributed by atoms with Crippen molar-refractivity contribution >= 4 is 11.9 Å². The van der Waals surface area contributed by atoms with Crippen molar-refractivity contribution in [1.82, 2.24) is 14.7 Å². The van der Waals surface area contributed by atoms with Crippen LogP contribution in [0, 0.1) is 0 Å². The lowest BCUT2D eigenvalue weighted by Gasteiger charge is -2.27. The minimum atomic E-state index is -1.10. The standard InChI is InChI=1S/C13H19N3O3/c1-9(2)16-11(10(8-14-16)13(18)19)12(17)15-6-4-3-5-7-15/h8-9H,3-7H2,1-2H3,(H,18,19). The van der Waals surface area contributed by atoms with Crippen LogP contribution in [0.3, 0.4) is 0 Å². The van der Waals surface area contributed by atoms with Gasteiger partial charge >= 0.3 is 5.97 Å². The van der Waals surface area contributed by atoms with Gasteiger partial charge in [-0.2, -0.15) is 5.10 Å². The predicted molar refractivity (Wildman–Crippen MR) is 69.3 cm³/mol. The van der Waals surface area contributed by atoms with E-state index in [0.717, 1.165) is 19.3 Å². The lowest BCUT2D eigenvalue weighted by molar-refractivity contribution is 0.0659. The van der Waals surface area contributed by atoms with E-state index in [9.17, 15) is 14.7 Å². The van der Waals surface area contributed by atoms with E-state index in [0.29, 0.717) is 13.1 Å². The predicted octanol–water partition coefficient (Wildman–Crippen LogP) is 1.79. The minimum absolute atomic E-state index is 0.00993. The average molecular weight is 265 g/mol. The number of aromatic nitrogens is 2. The Balaban J connectivity index is 2.37. The zero-order valence-corrected chi connectivity index (χ0v) is 11.3. The molecule has 1 aliphatic heterocycles. The number of rotatable bonds is 3. The number of likely N-dealkylation sites (tertiary alicyclic amines) is 1. The van der Waals surface area contributed by atoms with Gasteiger partial charge in [0, 0.05) is 19.1 Å². The Bertz CT molecular complexity index is 487. The van der Waals surface area contributed by atoms with Gasteiger partial charge in [0.1, 0.15) is 11.3 Å². The van der Waals surface area contributed by atoms with Crippen molar-refractivity contribution in [3.05, 3.63) is 17.5 Å². The number of carbonyl (C=O) groups is 2. The van der Waals surface area contributed by atoms with Crippen LogP contribution in [0.2, 0.25) is 0 Å². The van der Waals surface area contributed by atoms with Crippen LogP contribution in [0.5, 0.6) is 0 Å². The molecule has 1 aromatic rings. The summed E-state index contributed by atoms with van der Waals surface area (Å²) in [6.45, 7) is 5.15. The van der Waals surface area contributed by atoms with Crippen LogP contribution in [0.25, 0.3) is 0 Å². The molecule has 104 valence electrons. The maximum absolute atomic E-state index is 12.5. The number of aromatic carboxylic acids is 1. The number of carbonyl (C=O) groups excluding carboxylic acids is 1. The smallest absolute Gasteiger partial charge is 0.339 e. The van der Waals surface area contributed by atoms with Gasteiger partial charge in [0.2, 0.25) is 0 Å². The largest absolute Gasteiger partial charge is 0.478 e. The van der Waals surface area contributed by atoms with Crippen LogP contribution < -0.4 is 0 Å². The first-order valence-electron chi connectivity index (χ1n) is 6.62. The summed E-state index contributed by atoms with van der Waals surface area (Å²) in [7, 11) is 0. The molecule has 2 rings (SSSR count). The Labute approximate surface area is 112 Å². The van der Waals surface area contributed by atoms with E-state index in [1.807, 2.05) is 13.8 Å². The second kappa shape index (κ2) is 5.42. The molecular weight excluding hydrogens is 246 g/mol. The van der Waals surface area contributed by atoms with Crippen LogP contribution in [-0.4, -0.2) is 44.8 Å². The number of amides is 1. The number of hydrogen-bond acceptors (Lipinski definition) is 3. The second-order valence-corrected chi connectivity index (χ2v) is 5.10. The molecule has 0 aliphatic carbocycles. The van der Waals surface area contributed by atoms with E-state index in [1.54, 1.807) is 4.90 Å². The third kappa shape index (κ3) is 2.62. The molecule has 0 bridgehead atoms. The summed E-state index contributed by atoms with van der Waals surface area (Å²) in [5.41, 5.74) is 0.189. The van der Waals surface area contributed by atoms with E-state index in [4.69, 9.17) is 0 Å². The SMILES string of the molecule is CC(C)n1ncc(C(=O)O)c1C(=O)N1CCCCC1. The molecule has 1 N–H and O–H groups in total. The van der Waals surface area contributed by atoms with Crippen LogP contribution in [-0.2, 0) is 0 Å². The van der Waals surface area contributed by atoms with Gasteiger partial charge in [-0.15, -0.1) is 0 Å². The van der Waals surface area contributed by atoms with E-state index >= 15 is 0 Å². The highest BCUT2D eigenvalue weighted by Gasteiger charge is 2.28. The van der Waals surface area contributed by atoms with E-state index < -0.39 is 5.97 Å². The molecule has 2 heterocycles. The highest BCUT2D eigenvalue weighted by molar-refractivity contribution is 6.03. The molecule has 0 radical (unpaired) electrons. The molecule has 1 amide bonds. The van der Waals surface area contributed by atoms with Gasteiger partial charge in [0.25, 0.3) is 5.91 Å². The van der Waals surface area contributed by atoms with Gasteiger partial charge in [-0.3, -0.25) is 9.48 Å². The van der Waals surface area contributed by atoms with Gasteiger partial charge in [0.15, 0.2) is 0 Å². The van der Waals surface area contributed by atoms with Crippen LogP contribution in [0.1, 0.15) is 60.0 Å². The van der Waals surface area contributed by atoms with Gasteiger partial charge in [-0.25, -0.2) is 4.79 Å². The highest BCUT2D eigenvalue weighted by atomic mass is 16.4. The Morgan fingerprint density at radius 2 is 1.89 bits per heavy atom. The molecule has 1 saturated heterocycles. The van der Waals surface area contributed by atoms with Crippen molar-refractivity contribution in [3.63, 3.8) is 0 Å². The first kappa shape index (κ1) is 13.6. The molecular formula is C13H19N3O3. The summed E-state index contributed by atoms with van der Waals surface area (Å²) in [5.74, 6) is -1.32. The molecule has 1 aromatic heterocycles. The van der Waals surface area contributed by atoms with Gasteiger partial charge < -0.3 is 10.0 Å². The van der Waals surface area contributed by atoms with E-state index in [-0.39, 0.29) is 23.2 Å².